The van der Waals surface area contributed by atoms with Gasteiger partial charge in [-0.25, -0.2) is 4.39 Å². The minimum absolute atomic E-state index is 0.0283. The molecule has 1 aromatic heterocycles. The number of fused-ring (bicyclic) bond motifs is 1. The zero-order chi connectivity index (χ0) is 14.3. The highest BCUT2D eigenvalue weighted by molar-refractivity contribution is 9.11. The van der Waals surface area contributed by atoms with Crippen LogP contribution in [0.3, 0.4) is 0 Å². The van der Waals surface area contributed by atoms with Crippen LogP contribution < -0.4 is 0 Å². The third-order valence-corrected chi connectivity index (χ3v) is 6.73. The van der Waals surface area contributed by atoms with E-state index in [4.69, 9.17) is 0 Å². The second kappa shape index (κ2) is 5.87. The Kier molecular flexibility index (Phi) is 4.32. The highest BCUT2D eigenvalue weighted by Gasteiger charge is 2.18. The minimum Gasteiger partial charge on any atom is -0.207 e. The van der Waals surface area contributed by atoms with Crippen LogP contribution >= 0.6 is 59.1 Å². The Labute approximate surface area is 145 Å². The maximum atomic E-state index is 13.2. The molecule has 0 spiro atoms. The fraction of sp³-hybridized carbons (Fsp3) is 0.0667. The molecule has 102 valence electrons. The molecular weight excluding hydrogens is 471 g/mol. The molecule has 5 heteroatoms. The molecule has 0 N–H and O–H groups in total. The largest absolute Gasteiger partial charge is 0.207 e. The van der Waals surface area contributed by atoms with Crippen LogP contribution in [0.25, 0.3) is 10.1 Å². The van der Waals surface area contributed by atoms with E-state index in [1.807, 2.05) is 12.1 Å². The summed E-state index contributed by atoms with van der Waals surface area (Å²) in [5.74, 6) is -0.238. The van der Waals surface area contributed by atoms with Crippen molar-refractivity contribution in [3.05, 3.63) is 67.7 Å². The standard InChI is InChI=1S/C15H8Br3FS/c16-12-3-1-2-9-11(7-20-15(9)12)14(18)10-5-4-8(19)6-13(10)17/h1-7,14H. The third kappa shape index (κ3) is 2.61. The third-order valence-electron chi connectivity index (χ3n) is 3.09. The van der Waals surface area contributed by atoms with Gasteiger partial charge >= 0.3 is 0 Å². The first-order valence-corrected chi connectivity index (χ1v) is 9.20. The fourth-order valence-electron chi connectivity index (χ4n) is 2.11. The molecule has 1 heterocycles. The number of hydrogen-bond donors (Lipinski definition) is 0. The molecule has 0 amide bonds. The number of benzene rings is 2. The molecule has 0 radical (unpaired) electrons. The van der Waals surface area contributed by atoms with Gasteiger partial charge in [0.15, 0.2) is 0 Å². The smallest absolute Gasteiger partial charge is 0.124 e. The molecule has 0 aliphatic rings. The lowest BCUT2D eigenvalue weighted by Gasteiger charge is -2.12. The van der Waals surface area contributed by atoms with Gasteiger partial charge in [-0.05, 0) is 56.0 Å². The Morgan fingerprint density at radius 2 is 1.80 bits per heavy atom. The molecule has 3 aromatic rings. The summed E-state index contributed by atoms with van der Waals surface area (Å²) in [6.07, 6.45) is 0. The zero-order valence-electron chi connectivity index (χ0n) is 10.0. The topological polar surface area (TPSA) is 0 Å². The summed E-state index contributed by atoms with van der Waals surface area (Å²) in [5.41, 5.74) is 2.21. The van der Waals surface area contributed by atoms with Crippen molar-refractivity contribution in [2.75, 3.05) is 0 Å². The summed E-state index contributed by atoms with van der Waals surface area (Å²) < 4.78 is 16.3. The Balaban J connectivity index is 2.13. The van der Waals surface area contributed by atoms with Crippen LogP contribution in [0.1, 0.15) is 16.0 Å². The number of rotatable bonds is 2. The van der Waals surface area contributed by atoms with E-state index in [2.05, 4.69) is 59.2 Å². The van der Waals surface area contributed by atoms with Gasteiger partial charge in [0.25, 0.3) is 0 Å². The normalized spacial score (nSPS) is 12.8. The predicted molar refractivity (Wildman–Crippen MR) is 94.4 cm³/mol. The first kappa shape index (κ1) is 14.7. The first-order chi connectivity index (χ1) is 9.58. The van der Waals surface area contributed by atoms with Gasteiger partial charge in [-0.3, -0.25) is 0 Å². The second-order valence-electron chi connectivity index (χ2n) is 4.34. The van der Waals surface area contributed by atoms with Gasteiger partial charge < -0.3 is 0 Å². The maximum absolute atomic E-state index is 13.2. The van der Waals surface area contributed by atoms with Crippen molar-refractivity contribution in [1.82, 2.24) is 0 Å². The monoisotopic (exact) mass is 476 g/mol. The van der Waals surface area contributed by atoms with Crippen LogP contribution in [-0.2, 0) is 0 Å². The van der Waals surface area contributed by atoms with Gasteiger partial charge in [0, 0.05) is 13.6 Å². The molecule has 1 atom stereocenters. The van der Waals surface area contributed by atoms with Gasteiger partial charge in [-0.1, -0.05) is 50.1 Å². The van der Waals surface area contributed by atoms with E-state index in [-0.39, 0.29) is 10.6 Å². The predicted octanol–water partition coefficient (Wildman–Crippen LogP) is 7.05. The molecule has 0 saturated carbocycles. The molecular formula is C15H8Br3FS. The van der Waals surface area contributed by atoms with E-state index in [0.717, 1.165) is 14.5 Å². The van der Waals surface area contributed by atoms with Crippen molar-refractivity contribution < 1.29 is 4.39 Å². The van der Waals surface area contributed by atoms with E-state index >= 15 is 0 Å². The van der Waals surface area contributed by atoms with Crippen LogP contribution in [-0.4, -0.2) is 0 Å². The van der Waals surface area contributed by atoms with Crippen LogP contribution in [0.5, 0.6) is 0 Å². The lowest BCUT2D eigenvalue weighted by Crippen LogP contribution is -1.93. The average Bonchev–Trinajstić information content (AvgIpc) is 2.83. The Morgan fingerprint density at radius 1 is 1.00 bits per heavy atom. The van der Waals surface area contributed by atoms with Crippen molar-refractivity contribution in [3.8, 4) is 0 Å². The van der Waals surface area contributed by atoms with E-state index in [0.29, 0.717) is 0 Å². The molecule has 0 saturated heterocycles. The molecule has 1 unspecified atom stereocenters. The van der Waals surface area contributed by atoms with Crippen LogP contribution in [0.4, 0.5) is 4.39 Å². The molecule has 0 aliphatic heterocycles. The van der Waals surface area contributed by atoms with E-state index in [1.54, 1.807) is 17.4 Å². The molecule has 3 rings (SSSR count). The van der Waals surface area contributed by atoms with Crippen molar-refractivity contribution >= 4 is 69.2 Å². The molecule has 0 nitrogen and oxygen atoms in total. The summed E-state index contributed by atoms with van der Waals surface area (Å²) >= 11 is 12.5. The molecule has 0 fully saturated rings. The average molecular weight is 479 g/mol. The summed E-state index contributed by atoms with van der Waals surface area (Å²) in [4.78, 5) is 0.0283. The van der Waals surface area contributed by atoms with Gasteiger partial charge in [-0.2, -0.15) is 0 Å². The number of hydrogen-bond acceptors (Lipinski definition) is 1. The van der Waals surface area contributed by atoms with Crippen molar-refractivity contribution in [2.24, 2.45) is 0 Å². The summed E-state index contributed by atoms with van der Waals surface area (Å²) in [6, 6.07) is 11.0. The van der Waals surface area contributed by atoms with Gasteiger partial charge in [0.2, 0.25) is 0 Å². The van der Waals surface area contributed by atoms with Crippen molar-refractivity contribution in [1.29, 1.82) is 0 Å². The van der Waals surface area contributed by atoms with Gasteiger partial charge in [-0.15, -0.1) is 11.3 Å². The minimum atomic E-state index is -0.238. The van der Waals surface area contributed by atoms with Crippen LogP contribution in [0.15, 0.2) is 50.7 Å². The fourth-order valence-corrected chi connectivity index (χ4v) is 5.60. The maximum Gasteiger partial charge on any atom is 0.124 e. The lowest BCUT2D eigenvalue weighted by atomic mass is 10.0. The molecule has 2 aromatic carbocycles. The quantitative estimate of drug-likeness (QED) is 0.346. The zero-order valence-corrected chi connectivity index (χ0v) is 15.6. The first-order valence-electron chi connectivity index (χ1n) is 5.82. The highest BCUT2D eigenvalue weighted by Crippen LogP contribution is 2.42. The van der Waals surface area contributed by atoms with E-state index in [1.165, 1.54) is 27.8 Å². The molecule has 0 aliphatic carbocycles. The Hall–Kier alpha value is -0.230. The van der Waals surface area contributed by atoms with Crippen molar-refractivity contribution in [2.45, 2.75) is 4.83 Å². The van der Waals surface area contributed by atoms with Crippen LogP contribution in [0.2, 0.25) is 0 Å². The number of halogens is 4. The van der Waals surface area contributed by atoms with E-state index in [9.17, 15) is 4.39 Å². The summed E-state index contributed by atoms with van der Waals surface area (Å²) in [6.45, 7) is 0. The summed E-state index contributed by atoms with van der Waals surface area (Å²) in [5, 5.41) is 3.35. The van der Waals surface area contributed by atoms with Crippen molar-refractivity contribution in [3.63, 3.8) is 0 Å². The Bertz CT molecular complexity index is 782. The SMILES string of the molecule is Fc1ccc(C(Br)c2csc3c(Br)cccc23)c(Br)c1. The lowest BCUT2D eigenvalue weighted by molar-refractivity contribution is 0.626. The molecule has 20 heavy (non-hydrogen) atoms. The Morgan fingerprint density at radius 3 is 2.55 bits per heavy atom. The van der Waals surface area contributed by atoms with Gasteiger partial charge in [0.1, 0.15) is 5.82 Å². The number of alkyl halides is 1. The number of thiophene rings is 1. The van der Waals surface area contributed by atoms with Gasteiger partial charge in [0.05, 0.1) is 4.83 Å². The second-order valence-corrected chi connectivity index (χ2v) is 7.84. The van der Waals surface area contributed by atoms with E-state index < -0.39 is 0 Å². The summed E-state index contributed by atoms with van der Waals surface area (Å²) in [7, 11) is 0. The molecule has 0 bridgehead atoms. The van der Waals surface area contributed by atoms with Crippen LogP contribution in [0, 0.1) is 5.82 Å². The highest BCUT2D eigenvalue weighted by atomic mass is 79.9.